The van der Waals surface area contributed by atoms with E-state index in [1.807, 2.05) is 24.3 Å². The topological polar surface area (TPSA) is 44.5 Å². The minimum atomic E-state index is -0.273. The Morgan fingerprint density at radius 3 is 2.50 bits per heavy atom. The van der Waals surface area contributed by atoms with E-state index in [-0.39, 0.29) is 17.3 Å². The first-order valence-electron chi connectivity index (χ1n) is 6.49. The highest BCUT2D eigenvalue weighted by Crippen LogP contribution is 2.39. The Hall–Kier alpha value is -1.06. The van der Waals surface area contributed by atoms with E-state index in [0.29, 0.717) is 6.54 Å². The molecule has 1 aromatic carbocycles. The fourth-order valence-electron chi connectivity index (χ4n) is 2.64. The smallest absolute Gasteiger partial charge is 0.130 e. The van der Waals surface area contributed by atoms with Gasteiger partial charge in [-0.25, -0.2) is 0 Å². The quantitative estimate of drug-likeness (QED) is 0.896. The highest BCUT2D eigenvalue weighted by molar-refractivity contribution is 5.33. The standard InChI is InChI=1S/C15H23NO2/c1-14(2)9-13(15(3,4)18-14)17-12-8-6-5-7-11(12)10-16/h5-8,13H,9-10,16H2,1-4H3. The predicted molar refractivity (Wildman–Crippen MR) is 72.6 cm³/mol. The number of benzene rings is 1. The van der Waals surface area contributed by atoms with Crippen LogP contribution < -0.4 is 10.5 Å². The van der Waals surface area contributed by atoms with E-state index >= 15 is 0 Å². The van der Waals surface area contributed by atoms with Gasteiger partial charge in [-0.15, -0.1) is 0 Å². The largest absolute Gasteiger partial charge is 0.487 e. The summed E-state index contributed by atoms with van der Waals surface area (Å²) >= 11 is 0. The number of rotatable bonds is 3. The Balaban J connectivity index is 2.19. The van der Waals surface area contributed by atoms with Gasteiger partial charge in [0.05, 0.1) is 5.60 Å². The van der Waals surface area contributed by atoms with Crippen molar-refractivity contribution in [1.82, 2.24) is 0 Å². The minimum absolute atomic E-state index is 0.0557. The molecule has 1 atom stereocenters. The van der Waals surface area contributed by atoms with E-state index in [4.69, 9.17) is 15.2 Å². The molecule has 2 N–H and O–H groups in total. The summed E-state index contributed by atoms with van der Waals surface area (Å²) in [5, 5.41) is 0. The molecule has 1 aliphatic rings. The van der Waals surface area contributed by atoms with Crippen molar-refractivity contribution in [2.24, 2.45) is 5.73 Å². The van der Waals surface area contributed by atoms with Crippen LogP contribution in [0.1, 0.15) is 39.7 Å². The molecule has 0 aliphatic carbocycles. The minimum Gasteiger partial charge on any atom is -0.487 e. The van der Waals surface area contributed by atoms with Gasteiger partial charge in [0, 0.05) is 18.5 Å². The zero-order chi connectivity index (χ0) is 13.4. The molecule has 0 aromatic heterocycles. The molecule has 0 bridgehead atoms. The summed E-state index contributed by atoms with van der Waals surface area (Å²) in [6.07, 6.45) is 0.944. The maximum Gasteiger partial charge on any atom is 0.130 e. The summed E-state index contributed by atoms with van der Waals surface area (Å²) < 4.78 is 12.2. The van der Waals surface area contributed by atoms with Crippen molar-refractivity contribution in [3.63, 3.8) is 0 Å². The van der Waals surface area contributed by atoms with Crippen LogP contribution in [-0.2, 0) is 11.3 Å². The van der Waals surface area contributed by atoms with Gasteiger partial charge in [0.15, 0.2) is 0 Å². The van der Waals surface area contributed by atoms with Crippen molar-refractivity contribution in [2.45, 2.75) is 58.0 Å². The molecule has 1 aromatic rings. The van der Waals surface area contributed by atoms with Crippen molar-refractivity contribution in [1.29, 1.82) is 0 Å². The Bertz CT molecular complexity index is 426. The predicted octanol–water partition coefficient (Wildman–Crippen LogP) is 2.87. The van der Waals surface area contributed by atoms with Crippen LogP contribution in [0.4, 0.5) is 0 Å². The molecule has 0 saturated carbocycles. The van der Waals surface area contributed by atoms with Gasteiger partial charge >= 0.3 is 0 Å². The zero-order valence-electron chi connectivity index (χ0n) is 11.7. The van der Waals surface area contributed by atoms with Gasteiger partial charge < -0.3 is 15.2 Å². The molecule has 2 rings (SSSR count). The summed E-state index contributed by atoms with van der Waals surface area (Å²) in [4.78, 5) is 0. The van der Waals surface area contributed by atoms with E-state index in [1.165, 1.54) is 0 Å². The lowest BCUT2D eigenvalue weighted by atomic mass is 9.97. The molecule has 0 amide bonds. The van der Waals surface area contributed by atoms with Crippen LogP contribution in [0.3, 0.4) is 0 Å². The molecule has 1 fully saturated rings. The fourth-order valence-corrected chi connectivity index (χ4v) is 2.64. The number of ether oxygens (including phenoxy) is 2. The van der Waals surface area contributed by atoms with Crippen LogP contribution in [0, 0.1) is 0 Å². The fraction of sp³-hybridized carbons (Fsp3) is 0.600. The van der Waals surface area contributed by atoms with Crippen molar-refractivity contribution in [2.75, 3.05) is 0 Å². The summed E-state index contributed by atoms with van der Waals surface area (Å²) in [6, 6.07) is 7.94. The highest BCUT2D eigenvalue weighted by Gasteiger charge is 2.47. The van der Waals surface area contributed by atoms with Crippen molar-refractivity contribution in [3.8, 4) is 5.75 Å². The van der Waals surface area contributed by atoms with Gasteiger partial charge in [-0.05, 0) is 33.8 Å². The molecule has 3 nitrogen and oxygen atoms in total. The normalized spacial score (nSPS) is 25.1. The summed E-state index contributed by atoms with van der Waals surface area (Å²) in [6.45, 7) is 8.86. The second kappa shape index (κ2) is 4.56. The molecule has 0 spiro atoms. The molecule has 1 saturated heterocycles. The average molecular weight is 249 g/mol. The Morgan fingerprint density at radius 2 is 1.94 bits per heavy atom. The van der Waals surface area contributed by atoms with Gasteiger partial charge in [0.1, 0.15) is 17.5 Å². The van der Waals surface area contributed by atoms with Gasteiger partial charge in [0.2, 0.25) is 0 Å². The Morgan fingerprint density at radius 1 is 1.28 bits per heavy atom. The van der Waals surface area contributed by atoms with Crippen LogP contribution in [0.15, 0.2) is 24.3 Å². The molecule has 100 valence electrons. The third kappa shape index (κ3) is 2.68. The van der Waals surface area contributed by atoms with E-state index in [2.05, 4.69) is 27.7 Å². The van der Waals surface area contributed by atoms with Crippen molar-refractivity contribution >= 4 is 0 Å². The molecular formula is C15H23NO2. The number of hydrogen-bond acceptors (Lipinski definition) is 3. The Labute approximate surface area is 109 Å². The van der Waals surface area contributed by atoms with E-state index < -0.39 is 0 Å². The lowest BCUT2D eigenvalue weighted by Crippen LogP contribution is -2.37. The first-order valence-corrected chi connectivity index (χ1v) is 6.49. The first-order chi connectivity index (χ1) is 8.34. The van der Waals surface area contributed by atoms with Gasteiger partial charge in [0.25, 0.3) is 0 Å². The van der Waals surface area contributed by atoms with Crippen LogP contribution in [0.2, 0.25) is 0 Å². The lowest BCUT2D eigenvalue weighted by Gasteiger charge is -2.28. The van der Waals surface area contributed by atoms with Crippen molar-refractivity contribution in [3.05, 3.63) is 29.8 Å². The molecule has 1 heterocycles. The maximum absolute atomic E-state index is 6.14. The summed E-state index contributed by atoms with van der Waals surface area (Å²) in [5.41, 5.74) is 6.37. The SMILES string of the molecule is CC1(C)CC(Oc2ccccc2CN)C(C)(C)O1. The second-order valence-electron chi connectivity index (χ2n) is 6.09. The van der Waals surface area contributed by atoms with Crippen molar-refractivity contribution < 1.29 is 9.47 Å². The molecule has 0 radical (unpaired) electrons. The number of para-hydroxylation sites is 1. The molecule has 3 heteroatoms. The van der Waals surface area contributed by atoms with E-state index in [9.17, 15) is 0 Å². The average Bonchev–Trinajstić information content (AvgIpc) is 2.47. The first kappa shape index (κ1) is 13.4. The van der Waals surface area contributed by atoms with Crippen LogP contribution >= 0.6 is 0 Å². The maximum atomic E-state index is 6.14. The molecule has 1 unspecified atom stereocenters. The summed E-state index contributed by atoms with van der Waals surface area (Å²) in [5.74, 6) is 0.874. The summed E-state index contributed by atoms with van der Waals surface area (Å²) in [7, 11) is 0. The van der Waals surface area contributed by atoms with E-state index in [1.54, 1.807) is 0 Å². The number of nitrogens with two attached hydrogens (primary N) is 1. The lowest BCUT2D eigenvalue weighted by molar-refractivity contribution is -0.0846. The molecule has 1 aliphatic heterocycles. The third-order valence-electron chi connectivity index (χ3n) is 3.45. The van der Waals surface area contributed by atoms with Crippen LogP contribution in [0.5, 0.6) is 5.75 Å². The number of hydrogen-bond donors (Lipinski definition) is 1. The zero-order valence-corrected chi connectivity index (χ0v) is 11.7. The monoisotopic (exact) mass is 249 g/mol. The molecular weight excluding hydrogens is 226 g/mol. The Kier molecular flexibility index (Phi) is 3.39. The van der Waals surface area contributed by atoms with Crippen LogP contribution in [0.25, 0.3) is 0 Å². The second-order valence-corrected chi connectivity index (χ2v) is 6.09. The highest BCUT2D eigenvalue weighted by atomic mass is 16.6. The van der Waals surface area contributed by atoms with E-state index in [0.717, 1.165) is 17.7 Å². The van der Waals surface area contributed by atoms with Gasteiger partial charge in [-0.3, -0.25) is 0 Å². The van der Waals surface area contributed by atoms with Gasteiger partial charge in [-0.1, -0.05) is 18.2 Å². The van der Waals surface area contributed by atoms with Crippen LogP contribution in [-0.4, -0.2) is 17.3 Å². The molecule has 18 heavy (non-hydrogen) atoms. The third-order valence-corrected chi connectivity index (χ3v) is 3.45. The van der Waals surface area contributed by atoms with Gasteiger partial charge in [-0.2, -0.15) is 0 Å².